The number of carbonyl (C=O) groups excluding carboxylic acids is 1. The molecule has 0 saturated carbocycles. The Hall–Kier alpha value is -2.34. The normalized spacial score (nSPS) is 11.0. The molecule has 3 aromatic rings. The van der Waals surface area contributed by atoms with Crippen LogP contribution in [-0.2, 0) is 11.2 Å². The number of rotatable bonds is 5. The second kappa shape index (κ2) is 6.42. The topological polar surface area (TPSA) is 92.0 Å². The number of aromatic hydroxyl groups is 1. The van der Waals surface area contributed by atoms with E-state index in [1.54, 1.807) is 12.1 Å². The molecule has 2 aromatic carbocycles. The number of nitrogens with one attached hydrogen (secondary N) is 1. The van der Waals surface area contributed by atoms with E-state index in [4.69, 9.17) is 5.73 Å². The van der Waals surface area contributed by atoms with Gasteiger partial charge in [-0.25, -0.2) is 0 Å². The van der Waals surface area contributed by atoms with Crippen LogP contribution >= 0.6 is 15.9 Å². The first-order chi connectivity index (χ1) is 11.0. The SMILES string of the molecule is NC(=O)CCCc1[nH]nc2cc(-c3ccc(O)cc3)c(Br)cc12. The van der Waals surface area contributed by atoms with Crippen LogP contribution in [0.2, 0.25) is 0 Å². The van der Waals surface area contributed by atoms with Gasteiger partial charge in [0.15, 0.2) is 0 Å². The maximum Gasteiger partial charge on any atom is 0.217 e. The Balaban J connectivity index is 1.93. The third-order valence-corrected chi connectivity index (χ3v) is 4.41. The van der Waals surface area contributed by atoms with E-state index in [2.05, 4.69) is 26.1 Å². The van der Waals surface area contributed by atoms with E-state index in [-0.39, 0.29) is 11.7 Å². The van der Waals surface area contributed by atoms with Crippen LogP contribution in [0.5, 0.6) is 5.75 Å². The highest BCUT2D eigenvalue weighted by molar-refractivity contribution is 9.10. The van der Waals surface area contributed by atoms with Gasteiger partial charge in [0.2, 0.25) is 5.91 Å². The number of halogens is 1. The molecule has 3 rings (SSSR count). The average Bonchev–Trinajstić information content (AvgIpc) is 2.89. The van der Waals surface area contributed by atoms with Gasteiger partial charge in [-0.15, -0.1) is 0 Å². The third-order valence-electron chi connectivity index (χ3n) is 3.75. The number of carbonyl (C=O) groups is 1. The zero-order valence-electron chi connectivity index (χ0n) is 12.3. The summed E-state index contributed by atoms with van der Waals surface area (Å²) in [5.41, 5.74) is 9.04. The molecule has 6 heteroatoms. The van der Waals surface area contributed by atoms with Crippen LogP contribution in [0.15, 0.2) is 40.9 Å². The number of fused-ring (bicyclic) bond motifs is 1. The first kappa shape index (κ1) is 15.6. The molecule has 4 N–H and O–H groups in total. The summed E-state index contributed by atoms with van der Waals surface area (Å²) in [5.74, 6) is -0.0490. The molecule has 0 aliphatic rings. The minimum atomic E-state index is -0.287. The van der Waals surface area contributed by atoms with E-state index in [1.165, 1.54) is 0 Å². The van der Waals surface area contributed by atoms with Crippen molar-refractivity contribution < 1.29 is 9.90 Å². The van der Waals surface area contributed by atoms with E-state index in [0.717, 1.165) is 38.6 Å². The number of phenolic OH excluding ortho intramolecular Hbond substituents is 1. The zero-order chi connectivity index (χ0) is 16.4. The molecular formula is C17H16BrN3O2. The van der Waals surface area contributed by atoms with Crippen molar-refractivity contribution in [3.63, 3.8) is 0 Å². The standard InChI is InChI=1S/C17H16BrN3O2/c18-14-8-13-15(2-1-3-17(19)23)20-21-16(13)9-12(14)10-4-6-11(22)7-5-10/h4-9,22H,1-3H2,(H2,19,23)(H,20,21). The Kier molecular flexibility index (Phi) is 4.34. The van der Waals surface area contributed by atoms with Crippen molar-refractivity contribution in [2.45, 2.75) is 19.3 Å². The fourth-order valence-corrected chi connectivity index (χ4v) is 3.15. The maximum absolute atomic E-state index is 10.8. The molecule has 0 radical (unpaired) electrons. The summed E-state index contributed by atoms with van der Waals surface area (Å²) in [7, 11) is 0. The van der Waals surface area contributed by atoms with Crippen LogP contribution in [0, 0.1) is 0 Å². The van der Waals surface area contributed by atoms with Crippen molar-refractivity contribution in [1.29, 1.82) is 0 Å². The summed E-state index contributed by atoms with van der Waals surface area (Å²) >= 11 is 3.60. The maximum atomic E-state index is 10.8. The van der Waals surface area contributed by atoms with Gasteiger partial charge in [0.1, 0.15) is 5.75 Å². The molecule has 0 unspecified atom stereocenters. The van der Waals surface area contributed by atoms with Crippen molar-refractivity contribution in [1.82, 2.24) is 10.2 Å². The summed E-state index contributed by atoms with van der Waals surface area (Å²) in [6.45, 7) is 0. The minimum absolute atomic E-state index is 0.238. The molecule has 0 fully saturated rings. The van der Waals surface area contributed by atoms with Gasteiger partial charge in [0, 0.05) is 22.0 Å². The number of benzene rings is 2. The van der Waals surface area contributed by atoms with Gasteiger partial charge in [0.05, 0.1) is 5.52 Å². The van der Waals surface area contributed by atoms with Crippen LogP contribution in [0.1, 0.15) is 18.5 Å². The Labute approximate surface area is 141 Å². The molecule has 0 aliphatic carbocycles. The van der Waals surface area contributed by atoms with Gasteiger partial charge in [-0.2, -0.15) is 5.10 Å². The van der Waals surface area contributed by atoms with Crippen LogP contribution in [0.4, 0.5) is 0 Å². The molecule has 0 spiro atoms. The van der Waals surface area contributed by atoms with E-state index in [1.807, 2.05) is 24.3 Å². The molecule has 5 nitrogen and oxygen atoms in total. The second-order valence-corrected chi connectivity index (χ2v) is 6.27. The molecule has 1 heterocycles. The largest absolute Gasteiger partial charge is 0.508 e. The average molecular weight is 374 g/mol. The quantitative estimate of drug-likeness (QED) is 0.638. The summed E-state index contributed by atoms with van der Waals surface area (Å²) in [5, 5.41) is 17.8. The van der Waals surface area contributed by atoms with Crippen molar-refractivity contribution in [3.05, 3.63) is 46.6 Å². The number of nitrogens with zero attached hydrogens (tertiary/aromatic N) is 1. The molecule has 0 bridgehead atoms. The van der Waals surface area contributed by atoms with Crippen molar-refractivity contribution in [2.75, 3.05) is 0 Å². The fraction of sp³-hybridized carbons (Fsp3) is 0.176. The number of phenols is 1. The van der Waals surface area contributed by atoms with Crippen LogP contribution in [-0.4, -0.2) is 21.2 Å². The van der Waals surface area contributed by atoms with E-state index in [9.17, 15) is 9.90 Å². The highest BCUT2D eigenvalue weighted by Crippen LogP contribution is 2.33. The lowest BCUT2D eigenvalue weighted by Crippen LogP contribution is -2.10. The summed E-state index contributed by atoms with van der Waals surface area (Å²) in [4.78, 5) is 10.8. The Bertz CT molecular complexity index is 856. The lowest BCUT2D eigenvalue weighted by molar-refractivity contribution is -0.118. The second-order valence-electron chi connectivity index (χ2n) is 5.42. The highest BCUT2D eigenvalue weighted by Gasteiger charge is 2.11. The van der Waals surface area contributed by atoms with Gasteiger partial charge in [-0.1, -0.05) is 28.1 Å². The number of amides is 1. The van der Waals surface area contributed by atoms with Gasteiger partial charge in [-0.3, -0.25) is 9.89 Å². The van der Waals surface area contributed by atoms with E-state index >= 15 is 0 Å². The van der Waals surface area contributed by atoms with Crippen LogP contribution in [0.3, 0.4) is 0 Å². The van der Waals surface area contributed by atoms with Gasteiger partial charge < -0.3 is 10.8 Å². The number of aryl methyl sites for hydroxylation is 1. The number of H-pyrrole nitrogens is 1. The monoisotopic (exact) mass is 373 g/mol. The summed E-state index contributed by atoms with van der Waals surface area (Å²) in [6, 6.07) is 11.1. The third kappa shape index (κ3) is 3.37. The number of primary amides is 1. The van der Waals surface area contributed by atoms with Gasteiger partial charge in [-0.05, 0) is 48.2 Å². The minimum Gasteiger partial charge on any atom is -0.508 e. The van der Waals surface area contributed by atoms with Gasteiger partial charge in [0.25, 0.3) is 0 Å². The van der Waals surface area contributed by atoms with Crippen molar-refractivity contribution in [3.8, 4) is 16.9 Å². The van der Waals surface area contributed by atoms with E-state index in [0.29, 0.717) is 12.8 Å². The lowest BCUT2D eigenvalue weighted by Gasteiger charge is -2.06. The lowest BCUT2D eigenvalue weighted by atomic mass is 10.0. The molecule has 1 aromatic heterocycles. The highest BCUT2D eigenvalue weighted by atomic mass is 79.9. The molecule has 1 amide bonds. The number of aromatic amines is 1. The number of aromatic nitrogens is 2. The van der Waals surface area contributed by atoms with Crippen LogP contribution < -0.4 is 5.73 Å². The molecule has 118 valence electrons. The summed E-state index contributed by atoms with van der Waals surface area (Å²) < 4.78 is 0.952. The molecule has 0 saturated heterocycles. The predicted molar refractivity (Wildman–Crippen MR) is 93.0 cm³/mol. The first-order valence-corrected chi connectivity index (χ1v) is 8.08. The first-order valence-electron chi connectivity index (χ1n) is 7.29. The number of hydrogen-bond acceptors (Lipinski definition) is 3. The molecule has 0 aliphatic heterocycles. The fourth-order valence-electron chi connectivity index (χ4n) is 2.58. The zero-order valence-corrected chi connectivity index (χ0v) is 13.9. The Morgan fingerprint density at radius 2 is 2.00 bits per heavy atom. The smallest absolute Gasteiger partial charge is 0.217 e. The van der Waals surface area contributed by atoms with E-state index < -0.39 is 0 Å². The Morgan fingerprint density at radius 1 is 1.26 bits per heavy atom. The Morgan fingerprint density at radius 3 is 2.70 bits per heavy atom. The number of nitrogens with two attached hydrogens (primary N) is 1. The van der Waals surface area contributed by atoms with Crippen LogP contribution in [0.25, 0.3) is 22.0 Å². The number of hydrogen-bond donors (Lipinski definition) is 3. The molecule has 0 atom stereocenters. The van der Waals surface area contributed by atoms with Gasteiger partial charge >= 0.3 is 0 Å². The van der Waals surface area contributed by atoms with Crippen molar-refractivity contribution >= 4 is 32.7 Å². The van der Waals surface area contributed by atoms with Crippen molar-refractivity contribution in [2.24, 2.45) is 5.73 Å². The predicted octanol–water partition coefficient (Wildman–Crippen LogP) is 3.51. The molecular weight excluding hydrogens is 358 g/mol. The molecule has 23 heavy (non-hydrogen) atoms. The summed E-state index contributed by atoms with van der Waals surface area (Å²) in [6.07, 6.45) is 1.79.